The Bertz CT molecular complexity index is 559. The number of ketones is 1. The number of fused-ring (bicyclic) bond motifs is 1. The van der Waals surface area contributed by atoms with Crippen LogP contribution in [0.1, 0.15) is 36.0 Å². The lowest BCUT2D eigenvalue weighted by molar-refractivity contribution is -0.148. The Morgan fingerprint density at radius 2 is 2.20 bits per heavy atom. The molecule has 0 aromatic heterocycles. The molecule has 1 saturated carbocycles. The van der Waals surface area contributed by atoms with E-state index in [2.05, 4.69) is 0 Å². The smallest absolute Gasteiger partial charge is 0.309 e. The fraction of sp³-hybridized carbons (Fsp3) is 0.467. The Balaban J connectivity index is 1.77. The molecule has 0 spiro atoms. The van der Waals surface area contributed by atoms with E-state index in [1.54, 1.807) is 18.2 Å². The van der Waals surface area contributed by atoms with Crippen LogP contribution in [0.5, 0.6) is 11.5 Å². The van der Waals surface area contributed by atoms with Gasteiger partial charge >= 0.3 is 5.97 Å². The lowest BCUT2D eigenvalue weighted by Crippen LogP contribution is -2.45. The van der Waals surface area contributed by atoms with E-state index in [-0.39, 0.29) is 24.8 Å². The average Bonchev–Trinajstić information content (AvgIpc) is 2.77. The number of hydrogen-bond acceptors (Lipinski definition) is 5. The van der Waals surface area contributed by atoms with Gasteiger partial charge in [-0.05, 0) is 31.4 Å². The molecule has 5 nitrogen and oxygen atoms in total. The van der Waals surface area contributed by atoms with E-state index in [9.17, 15) is 9.59 Å². The lowest BCUT2D eigenvalue weighted by atomic mass is 9.77. The average molecular weight is 276 g/mol. The summed E-state index contributed by atoms with van der Waals surface area (Å²) in [6, 6.07) is 5.19. The molecule has 1 aromatic rings. The van der Waals surface area contributed by atoms with Gasteiger partial charge in [0.25, 0.3) is 0 Å². The molecule has 0 unspecified atom stereocenters. The first-order chi connectivity index (χ1) is 9.62. The van der Waals surface area contributed by atoms with E-state index in [1.165, 1.54) is 7.11 Å². The summed E-state index contributed by atoms with van der Waals surface area (Å²) < 4.78 is 16.0. The summed E-state index contributed by atoms with van der Waals surface area (Å²) in [4.78, 5) is 23.0. The van der Waals surface area contributed by atoms with E-state index in [0.29, 0.717) is 17.1 Å². The molecule has 5 heteroatoms. The van der Waals surface area contributed by atoms with Crippen molar-refractivity contribution in [2.24, 2.45) is 0 Å². The predicted molar refractivity (Wildman–Crippen MR) is 70.1 cm³/mol. The van der Waals surface area contributed by atoms with Crippen molar-refractivity contribution in [3.63, 3.8) is 0 Å². The highest BCUT2D eigenvalue weighted by molar-refractivity contribution is 6.02. The third-order valence-corrected chi connectivity index (χ3v) is 3.91. The molecular weight excluding hydrogens is 260 g/mol. The highest BCUT2D eigenvalue weighted by Crippen LogP contribution is 2.41. The molecule has 1 aliphatic carbocycles. The van der Waals surface area contributed by atoms with Crippen molar-refractivity contribution in [1.29, 1.82) is 0 Å². The Hall–Kier alpha value is -2.04. The summed E-state index contributed by atoms with van der Waals surface area (Å²) in [6.45, 7) is 0.0894. The molecule has 3 rings (SSSR count). The lowest BCUT2D eigenvalue weighted by Gasteiger charge is -2.41. The van der Waals surface area contributed by atoms with Crippen molar-refractivity contribution < 1.29 is 23.8 Å². The van der Waals surface area contributed by atoms with E-state index in [1.807, 2.05) is 0 Å². The van der Waals surface area contributed by atoms with E-state index < -0.39 is 5.60 Å². The molecule has 1 aromatic carbocycles. The number of carbonyl (C=O) groups excluding carboxylic acids is 2. The topological polar surface area (TPSA) is 61.8 Å². The first-order valence-electron chi connectivity index (χ1n) is 6.68. The van der Waals surface area contributed by atoms with Gasteiger partial charge in [0.2, 0.25) is 5.78 Å². The fourth-order valence-corrected chi connectivity index (χ4v) is 2.61. The van der Waals surface area contributed by atoms with Crippen LogP contribution in [-0.2, 0) is 9.53 Å². The van der Waals surface area contributed by atoms with E-state index >= 15 is 0 Å². The van der Waals surface area contributed by atoms with Crippen LogP contribution in [0.25, 0.3) is 0 Å². The second-order valence-electron chi connectivity index (χ2n) is 5.26. The minimum atomic E-state index is -0.468. The molecule has 106 valence electrons. The number of hydrogen-bond donors (Lipinski definition) is 0. The standard InChI is InChI=1S/C15H16O5/c1-18-14(17)8-15(5-2-6-15)20-10-3-4-11-12(16)9-19-13(11)7-10/h3-4,7H,2,5-6,8-9H2,1H3. The largest absolute Gasteiger partial charge is 0.487 e. The number of benzene rings is 1. The van der Waals surface area contributed by atoms with Gasteiger partial charge in [0.15, 0.2) is 6.61 Å². The normalized spacial score (nSPS) is 18.8. The maximum Gasteiger partial charge on any atom is 0.309 e. The highest BCUT2D eigenvalue weighted by Gasteiger charge is 2.42. The second-order valence-corrected chi connectivity index (χ2v) is 5.26. The zero-order valence-corrected chi connectivity index (χ0v) is 11.3. The monoisotopic (exact) mass is 276 g/mol. The van der Waals surface area contributed by atoms with Gasteiger partial charge in [-0.1, -0.05) is 0 Å². The summed E-state index contributed by atoms with van der Waals surface area (Å²) in [5.74, 6) is 0.902. The van der Waals surface area contributed by atoms with Gasteiger partial charge in [-0.2, -0.15) is 0 Å². The number of Topliss-reactive ketones (excluding diaryl/α,β-unsaturated/α-hetero) is 1. The van der Waals surface area contributed by atoms with Gasteiger partial charge in [0.05, 0.1) is 19.1 Å². The number of methoxy groups -OCH3 is 1. The van der Waals surface area contributed by atoms with Crippen LogP contribution in [0, 0.1) is 0 Å². The predicted octanol–water partition coefficient (Wildman–Crippen LogP) is 2.13. The summed E-state index contributed by atoms with van der Waals surface area (Å²) in [7, 11) is 1.38. The molecule has 2 aliphatic rings. The van der Waals surface area contributed by atoms with Gasteiger partial charge < -0.3 is 14.2 Å². The van der Waals surface area contributed by atoms with Crippen molar-refractivity contribution in [3.05, 3.63) is 23.8 Å². The van der Waals surface area contributed by atoms with Gasteiger partial charge in [0, 0.05) is 6.07 Å². The van der Waals surface area contributed by atoms with Crippen LogP contribution in [0.4, 0.5) is 0 Å². The molecular formula is C15H16O5. The van der Waals surface area contributed by atoms with Crippen LogP contribution in [0.3, 0.4) is 0 Å². The number of ether oxygens (including phenoxy) is 3. The Morgan fingerprint density at radius 3 is 2.85 bits per heavy atom. The fourth-order valence-electron chi connectivity index (χ4n) is 2.61. The molecule has 0 bridgehead atoms. The van der Waals surface area contributed by atoms with Crippen LogP contribution in [-0.4, -0.2) is 31.1 Å². The summed E-state index contributed by atoms with van der Waals surface area (Å²) in [6.07, 6.45) is 2.95. The molecule has 1 heterocycles. The third kappa shape index (κ3) is 2.24. The molecule has 1 aliphatic heterocycles. The van der Waals surface area contributed by atoms with E-state index in [4.69, 9.17) is 14.2 Å². The van der Waals surface area contributed by atoms with Crippen LogP contribution < -0.4 is 9.47 Å². The first kappa shape index (κ1) is 13.0. The summed E-state index contributed by atoms with van der Waals surface area (Å²) in [5.41, 5.74) is 0.122. The molecule has 1 fully saturated rings. The Kier molecular flexibility index (Phi) is 3.12. The van der Waals surface area contributed by atoms with Gasteiger partial charge in [0.1, 0.15) is 17.1 Å². The summed E-state index contributed by atoms with van der Waals surface area (Å²) in [5, 5.41) is 0. The molecule has 20 heavy (non-hydrogen) atoms. The Labute approximate surface area is 116 Å². The molecule has 0 saturated heterocycles. The van der Waals surface area contributed by atoms with Crippen molar-refractivity contribution in [2.75, 3.05) is 13.7 Å². The molecule has 0 N–H and O–H groups in total. The van der Waals surface area contributed by atoms with Crippen molar-refractivity contribution in [2.45, 2.75) is 31.3 Å². The number of carbonyl (C=O) groups is 2. The molecule has 0 amide bonds. The number of rotatable bonds is 4. The van der Waals surface area contributed by atoms with Gasteiger partial charge in [-0.15, -0.1) is 0 Å². The zero-order chi connectivity index (χ0) is 14.2. The quantitative estimate of drug-likeness (QED) is 0.788. The van der Waals surface area contributed by atoms with Crippen molar-refractivity contribution in [3.8, 4) is 11.5 Å². The van der Waals surface area contributed by atoms with Gasteiger partial charge in [-0.25, -0.2) is 0 Å². The second kappa shape index (κ2) is 4.81. The SMILES string of the molecule is COC(=O)CC1(Oc2ccc3c(c2)OCC3=O)CCC1. The van der Waals surface area contributed by atoms with Crippen LogP contribution in [0.15, 0.2) is 18.2 Å². The maximum atomic E-state index is 11.5. The Morgan fingerprint density at radius 1 is 1.40 bits per heavy atom. The first-order valence-corrected chi connectivity index (χ1v) is 6.68. The minimum absolute atomic E-state index is 0.0144. The summed E-state index contributed by atoms with van der Waals surface area (Å²) >= 11 is 0. The number of esters is 1. The third-order valence-electron chi connectivity index (χ3n) is 3.91. The zero-order valence-electron chi connectivity index (χ0n) is 11.3. The minimum Gasteiger partial charge on any atom is -0.487 e. The maximum absolute atomic E-state index is 11.5. The van der Waals surface area contributed by atoms with Crippen LogP contribution in [0.2, 0.25) is 0 Å². The van der Waals surface area contributed by atoms with Crippen LogP contribution >= 0.6 is 0 Å². The molecule has 0 radical (unpaired) electrons. The molecule has 0 atom stereocenters. The van der Waals surface area contributed by atoms with Crippen molar-refractivity contribution >= 4 is 11.8 Å². The van der Waals surface area contributed by atoms with Gasteiger partial charge in [-0.3, -0.25) is 9.59 Å². The highest BCUT2D eigenvalue weighted by atomic mass is 16.5. The van der Waals surface area contributed by atoms with Crippen molar-refractivity contribution in [1.82, 2.24) is 0 Å². The van der Waals surface area contributed by atoms with E-state index in [0.717, 1.165) is 19.3 Å².